The standard InChI is InChI=1S/C19H19FN2O/c20-16-6-7-17-18(12-16)23-21-19(17)15-8-10-22(11-9-15)13-14-4-2-1-3-5-14/h1-7,12,15H,8-11,13H2. The van der Waals surface area contributed by atoms with Gasteiger partial charge in [0, 0.05) is 23.9 Å². The van der Waals surface area contributed by atoms with Crippen LogP contribution in [-0.4, -0.2) is 23.1 Å². The summed E-state index contributed by atoms with van der Waals surface area (Å²) in [6, 6.07) is 15.2. The highest BCUT2D eigenvalue weighted by molar-refractivity contribution is 5.79. The van der Waals surface area contributed by atoms with Crippen LogP contribution in [-0.2, 0) is 6.54 Å². The van der Waals surface area contributed by atoms with E-state index >= 15 is 0 Å². The summed E-state index contributed by atoms with van der Waals surface area (Å²) in [6.45, 7) is 3.10. The maximum absolute atomic E-state index is 13.3. The van der Waals surface area contributed by atoms with Crippen molar-refractivity contribution in [2.45, 2.75) is 25.3 Å². The van der Waals surface area contributed by atoms with E-state index < -0.39 is 0 Å². The highest BCUT2D eigenvalue weighted by Crippen LogP contribution is 2.33. The van der Waals surface area contributed by atoms with E-state index in [4.69, 9.17) is 4.52 Å². The summed E-state index contributed by atoms with van der Waals surface area (Å²) in [5, 5.41) is 5.16. The first-order valence-electron chi connectivity index (χ1n) is 8.11. The average Bonchev–Trinajstić information content (AvgIpc) is 2.99. The van der Waals surface area contributed by atoms with Gasteiger partial charge in [0.15, 0.2) is 5.58 Å². The zero-order valence-electron chi connectivity index (χ0n) is 12.9. The molecular weight excluding hydrogens is 291 g/mol. The Balaban J connectivity index is 1.44. The highest BCUT2D eigenvalue weighted by atomic mass is 19.1. The van der Waals surface area contributed by atoms with Crippen molar-refractivity contribution in [1.82, 2.24) is 10.1 Å². The van der Waals surface area contributed by atoms with Gasteiger partial charge in [-0.25, -0.2) is 4.39 Å². The monoisotopic (exact) mass is 310 g/mol. The molecule has 1 aliphatic rings. The molecule has 4 heteroatoms. The van der Waals surface area contributed by atoms with Crippen LogP contribution in [0.4, 0.5) is 4.39 Å². The van der Waals surface area contributed by atoms with Crippen molar-refractivity contribution in [2.24, 2.45) is 0 Å². The first kappa shape index (κ1) is 14.4. The highest BCUT2D eigenvalue weighted by Gasteiger charge is 2.25. The Morgan fingerprint density at radius 1 is 1.09 bits per heavy atom. The van der Waals surface area contributed by atoms with Crippen molar-refractivity contribution in [3.05, 3.63) is 65.6 Å². The molecule has 3 nitrogen and oxygen atoms in total. The van der Waals surface area contributed by atoms with Gasteiger partial charge < -0.3 is 4.52 Å². The molecule has 0 N–H and O–H groups in total. The fourth-order valence-electron chi connectivity index (χ4n) is 3.43. The Hall–Kier alpha value is -2.20. The minimum absolute atomic E-state index is 0.280. The van der Waals surface area contributed by atoms with Crippen LogP contribution in [0, 0.1) is 5.82 Å². The molecule has 0 amide bonds. The molecule has 1 saturated heterocycles. The molecular formula is C19H19FN2O. The predicted molar refractivity (Wildman–Crippen MR) is 87.7 cm³/mol. The Kier molecular flexibility index (Phi) is 3.83. The lowest BCUT2D eigenvalue weighted by atomic mass is 9.91. The molecule has 1 fully saturated rings. The van der Waals surface area contributed by atoms with Crippen molar-refractivity contribution in [1.29, 1.82) is 0 Å². The minimum Gasteiger partial charge on any atom is -0.356 e. The van der Waals surface area contributed by atoms with Crippen LogP contribution < -0.4 is 0 Å². The molecule has 3 aromatic rings. The number of piperidine rings is 1. The molecule has 0 radical (unpaired) electrons. The topological polar surface area (TPSA) is 29.3 Å². The van der Waals surface area contributed by atoms with Crippen LogP contribution in [0.1, 0.15) is 30.0 Å². The molecule has 23 heavy (non-hydrogen) atoms. The molecule has 118 valence electrons. The fourth-order valence-corrected chi connectivity index (χ4v) is 3.43. The number of halogens is 1. The molecule has 4 rings (SSSR count). The van der Waals surface area contributed by atoms with Crippen molar-refractivity contribution >= 4 is 11.0 Å². The van der Waals surface area contributed by atoms with Crippen LogP contribution in [0.3, 0.4) is 0 Å². The van der Waals surface area contributed by atoms with E-state index in [0.29, 0.717) is 11.5 Å². The summed E-state index contributed by atoms with van der Waals surface area (Å²) in [4.78, 5) is 2.48. The number of likely N-dealkylation sites (tertiary alicyclic amines) is 1. The van der Waals surface area contributed by atoms with Gasteiger partial charge in [0.05, 0.1) is 5.69 Å². The van der Waals surface area contributed by atoms with Gasteiger partial charge in [0.25, 0.3) is 0 Å². The van der Waals surface area contributed by atoms with E-state index in [-0.39, 0.29) is 5.82 Å². The van der Waals surface area contributed by atoms with Gasteiger partial charge >= 0.3 is 0 Å². The third-order valence-corrected chi connectivity index (χ3v) is 4.69. The van der Waals surface area contributed by atoms with Gasteiger partial charge in [-0.1, -0.05) is 35.5 Å². The summed E-state index contributed by atoms with van der Waals surface area (Å²) in [6.07, 6.45) is 2.12. The molecule has 2 aromatic carbocycles. The quantitative estimate of drug-likeness (QED) is 0.720. The van der Waals surface area contributed by atoms with Gasteiger partial charge in [0.1, 0.15) is 5.82 Å². The number of hydrogen-bond donors (Lipinski definition) is 0. The molecule has 0 unspecified atom stereocenters. The Morgan fingerprint density at radius 3 is 2.65 bits per heavy atom. The third kappa shape index (κ3) is 2.99. The number of fused-ring (bicyclic) bond motifs is 1. The van der Waals surface area contributed by atoms with Gasteiger partial charge in [-0.3, -0.25) is 4.90 Å². The molecule has 0 saturated carbocycles. The van der Waals surface area contributed by atoms with Crippen molar-refractivity contribution in [3.63, 3.8) is 0 Å². The Morgan fingerprint density at radius 2 is 1.87 bits per heavy atom. The second-order valence-corrected chi connectivity index (χ2v) is 6.24. The normalized spacial score (nSPS) is 16.9. The second-order valence-electron chi connectivity index (χ2n) is 6.24. The van der Waals surface area contributed by atoms with E-state index in [1.807, 2.05) is 6.07 Å². The fraction of sp³-hybridized carbons (Fsp3) is 0.316. The first-order valence-corrected chi connectivity index (χ1v) is 8.11. The summed E-state index contributed by atoms with van der Waals surface area (Å²) >= 11 is 0. The predicted octanol–water partition coefficient (Wildman–Crippen LogP) is 4.35. The zero-order valence-corrected chi connectivity index (χ0v) is 12.9. The molecule has 0 aliphatic carbocycles. The minimum atomic E-state index is -0.280. The second kappa shape index (κ2) is 6.13. The molecule has 0 atom stereocenters. The third-order valence-electron chi connectivity index (χ3n) is 4.69. The van der Waals surface area contributed by atoms with Gasteiger partial charge in [-0.2, -0.15) is 0 Å². The van der Waals surface area contributed by atoms with Crippen LogP contribution in [0.2, 0.25) is 0 Å². The molecule has 0 bridgehead atoms. The van der Waals surface area contributed by atoms with E-state index in [1.165, 1.54) is 17.7 Å². The molecule has 0 spiro atoms. The van der Waals surface area contributed by atoms with Gasteiger partial charge in [-0.05, 0) is 43.6 Å². The Labute approximate surface area is 134 Å². The first-order chi connectivity index (χ1) is 11.3. The lowest BCUT2D eigenvalue weighted by molar-refractivity contribution is 0.202. The lowest BCUT2D eigenvalue weighted by Crippen LogP contribution is -2.32. The van der Waals surface area contributed by atoms with Crippen molar-refractivity contribution < 1.29 is 8.91 Å². The lowest BCUT2D eigenvalue weighted by Gasteiger charge is -2.31. The van der Waals surface area contributed by atoms with Crippen molar-refractivity contribution in [3.8, 4) is 0 Å². The summed E-state index contributed by atoms with van der Waals surface area (Å²) in [7, 11) is 0. The summed E-state index contributed by atoms with van der Waals surface area (Å²) in [5.41, 5.74) is 2.89. The van der Waals surface area contributed by atoms with Crippen LogP contribution >= 0.6 is 0 Å². The van der Waals surface area contributed by atoms with E-state index in [0.717, 1.165) is 43.6 Å². The number of benzene rings is 2. The van der Waals surface area contributed by atoms with Crippen LogP contribution in [0.25, 0.3) is 11.0 Å². The maximum Gasteiger partial charge on any atom is 0.170 e. The summed E-state index contributed by atoms with van der Waals surface area (Å²) in [5.74, 6) is 0.117. The van der Waals surface area contributed by atoms with Crippen LogP contribution in [0.5, 0.6) is 0 Å². The van der Waals surface area contributed by atoms with E-state index in [9.17, 15) is 4.39 Å². The zero-order chi connectivity index (χ0) is 15.6. The van der Waals surface area contributed by atoms with E-state index in [1.54, 1.807) is 6.07 Å². The number of rotatable bonds is 3. The molecule has 2 heterocycles. The van der Waals surface area contributed by atoms with Crippen LogP contribution in [0.15, 0.2) is 53.1 Å². The molecule has 1 aliphatic heterocycles. The van der Waals surface area contributed by atoms with E-state index in [2.05, 4.69) is 34.3 Å². The Bertz CT molecular complexity index is 791. The van der Waals surface area contributed by atoms with Gasteiger partial charge in [-0.15, -0.1) is 0 Å². The van der Waals surface area contributed by atoms with Crippen molar-refractivity contribution in [2.75, 3.05) is 13.1 Å². The molecule has 1 aromatic heterocycles. The van der Waals surface area contributed by atoms with Gasteiger partial charge in [0.2, 0.25) is 0 Å². The number of nitrogens with zero attached hydrogens (tertiary/aromatic N) is 2. The largest absolute Gasteiger partial charge is 0.356 e. The number of aromatic nitrogens is 1. The SMILES string of the molecule is Fc1ccc2c(C3CCN(Cc4ccccc4)CC3)noc2c1. The summed E-state index contributed by atoms with van der Waals surface area (Å²) < 4.78 is 18.6. The maximum atomic E-state index is 13.3. The smallest absolute Gasteiger partial charge is 0.170 e. The average molecular weight is 310 g/mol. The number of hydrogen-bond acceptors (Lipinski definition) is 3.